The first-order valence-corrected chi connectivity index (χ1v) is 11.8. The highest BCUT2D eigenvalue weighted by atomic mass is 32.2. The van der Waals surface area contributed by atoms with E-state index >= 15 is 0 Å². The van der Waals surface area contributed by atoms with Crippen LogP contribution in [-0.2, 0) is 21.5 Å². The molecule has 2 saturated heterocycles. The molecule has 3 rings (SSSR count). The van der Waals surface area contributed by atoms with Crippen LogP contribution in [0.25, 0.3) is 0 Å². The van der Waals surface area contributed by atoms with Crippen molar-refractivity contribution in [1.29, 1.82) is 0 Å². The van der Waals surface area contributed by atoms with Crippen LogP contribution in [0.5, 0.6) is 0 Å². The Morgan fingerprint density at radius 3 is 2.31 bits per heavy atom. The summed E-state index contributed by atoms with van der Waals surface area (Å²) < 4.78 is 33.7. The number of rotatable bonds is 7. The first kappa shape index (κ1) is 22.2. The van der Waals surface area contributed by atoms with Crippen LogP contribution in [0.15, 0.2) is 24.3 Å². The standard InChI is InChI=1S/C20H32N4O4S/c1-3-23(4-2)29(26,27)24-10-8-22(9-11-24)20(25)19-7-5-6-18(16-19)17-21-12-14-28-15-13-21/h5-7,16H,3-4,8-15,17H2,1-2H3. The molecule has 9 heteroatoms. The summed E-state index contributed by atoms with van der Waals surface area (Å²) in [6.07, 6.45) is 0. The SMILES string of the molecule is CCN(CC)S(=O)(=O)N1CCN(C(=O)c2cccc(CN3CCOCC3)c2)CC1. The first-order valence-electron chi connectivity index (χ1n) is 10.4. The molecule has 0 unspecified atom stereocenters. The summed E-state index contributed by atoms with van der Waals surface area (Å²) >= 11 is 0. The lowest BCUT2D eigenvalue weighted by Crippen LogP contribution is -2.54. The second-order valence-corrected chi connectivity index (χ2v) is 9.30. The predicted molar refractivity (Wildman–Crippen MR) is 112 cm³/mol. The van der Waals surface area contributed by atoms with Crippen LogP contribution in [0.4, 0.5) is 0 Å². The highest BCUT2D eigenvalue weighted by Gasteiger charge is 2.32. The van der Waals surface area contributed by atoms with Gasteiger partial charge in [-0.1, -0.05) is 26.0 Å². The van der Waals surface area contributed by atoms with Gasteiger partial charge in [-0.2, -0.15) is 17.0 Å². The molecule has 2 aliphatic rings. The monoisotopic (exact) mass is 424 g/mol. The van der Waals surface area contributed by atoms with Gasteiger partial charge in [-0.3, -0.25) is 9.69 Å². The third-order valence-corrected chi connectivity index (χ3v) is 7.75. The molecule has 0 N–H and O–H groups in total. The molecule has 0 aliphatic carbocycles. The predicted octanol–water partition coefficient (Wildman–Crippen LogP) is 0.863. The average Bonchev–Trinajstić information content (AvgIpc) is 2.75. The number of carbonyl (C=O) groups excluding carboxylic acids is 1. The zero-order valence-corrected chi connectivity index (χ0v) is 18.2. The number of carbonyl (C=O) groups is 1. The summed E-state index contributed by atoms with van der Waals surface area (Å²) in [4.78, 5) is 17.0. The van der Waals surface area contributed by atoms with Crippen molar-refractivity contribution in [1.82, 2.24) is 18.4 Å². The highest BCUT2D eigenvalue weighted by molar-refractivity contribution is 7.86. The molecule has 0 radical (unpaired) electrons. The minimum Gasteiger partial charge on any atom is -0.379 e. The highest BCUT2D eigenvalue weighted by Crippen LogP contribution is 2.16. The Morgan fingerprint density at radius 2 is 1.69 bits per heavy atom. The van der Waals surface area contributed by atoms with Gasteiger partial charge in [-0.25, -0.2) is 0 Å². The number of benzene rings is 1. The Hall–Kier alpha value is -1.52. The van der Waals surface area contributed by atoms with Crippen molar-refractivity contribution in [2.75, 3.05) is 65.6 Å². The molecule has 29 heavy (non-hydrogen) atoms. The molecule has 0 spiro atoms. The molecule has 0 bridgehead atoms. The van der Waals surface area contributed by atoms with Gasteiger partial charge in [0.15, 0.2) is 0 Å². The summed E-state index contributed by atoms with van der Waals surface area (Å²) in [7, 11) is -3.45. The summed E-state index contributed by atoms with van der Waals surface area (Å²) in [6.45, 7) is 10.2. The number of hydrogen-bond donors (Lipinski definition) is 0. The summed E-state index contributed by atoms with van der Waals surface area (Å²) in [5, 5.41) is 0. The Morgan fingerprint density at radius 1 is 1.03 bits per heavy atom. The maximum absolute atomic E-state index is 13.0. The van der Waals surface area contributed by atoms with E-state index in [2.05, 4.69) is 4.90 Å². The maximum atomic E-state index is 13.0. The van der Waals surface area contributed by atoms with E-state index in [1.54, 1.807) is 4.90 Å². The zero-order valence-electron chi connectivity index (χ0n) is 17.4. The van der Waals surface area contributed by atoms with E-state index in [1.807, 2.05) is 38.1 Å². The van der Waals surface area contributed by atoms with Crippen LogP contribution >= 0.6 is 0 Å². The van der Waals surface area contributed by atoms with Crippen molar-refractivity contribution < 1.29 is 17.9 Å². The number of hydrogen-bond acceptors (Lipinski definition) is 5. The van der Waals surface area contributed by atoms with Crippen molar-refractivity contribution in [2.24, 2.45) is 0 Å². The Labute approximate surface area is 174 Å². The minimum atomic E-state index is -3.45. The zero-order chi connectivity index (χ0) is 20.9. The van der Waals surface area contributed by atoms with Gasteiger partial charge in [0.05, 0.1) is 13.2 Å². The molecule has 1 aromatic rings. The molecule has 1 aromatic carbocycles. The van der Waals surface area contributed by atoms with Crippen LogP contribution in [0.2, 0.25) is 0 Å². The molecule has 0 saturated carbocycles. The van der Waals surface area contributed by atoms with Crippen molar-refractivity contribution >= 4 is 16.1 Å². The van der Waals surface area contributed by atoms with E-state index in [0.717, 1.165) is 38.4 Å². The van der Waals surface area contributed by atoms with Crippen molar-refractivity contribution in [2.45, 2.75) is 20.4 Å². The minimum absolute atomic E-state index is 0.0336. The van der Waals surface area contributed by atoms with Gasteiger partial charge in [0.1, 0.15) is 0 Å². The second-order valence-electron chi connectivity index (χ2n) is 7.37. The smallest absolute Gasteiger partial charge is 0.282 e. The van der Waals surface area contributed by atoms with Crippen LogP contribution in [-0.4, -0.2) is 98.3 Å². The maximum Gasteiger partial charge on any atom is 0.282 e. The van der Waals surface area contributed by atoms with E-state index in [0.29, 0.717) is 44.8 Å². The molecule has 0 atom stereocenters. The number of morpholine rings is 1. The van der Waals surface area contributed by atoms with Gasteiger partial charge in [-0.15, -0.1) is 0 Å². The first-order chi connectivity index (χ1) is 14.0. The van der Waals surface area contributed by atoms with Gasteiger partial charge >= 0.3 is 0 Å². The molecule has 8 nitrogen and oxygen atoms in total. The van der Waals surface area contributed by atoms with E-state index in [4.69, 9.17) is 4.74 Å². The third-order valence-electron chi connectivity index (χ3n) is 5.57. The van der Waals surface area contributed by atoms with Gasteiger partial charge < -0.3 is 9.64 Å². The molecule has 2 fully saturated rings. The second kappa shape index (κ2) is 9.99. The number of nitrogens with zero attached hydrogens (tertiary/aromatic N) is 4. The lowest BCUT2D eigenvalue weighted by molar-refractivity contribution is 0.0341. The van der Waals surface area contributed by atoms with E-state index in [9.17, 15) is 13.2 Å². The molecule has 1 amide bonds. The van der Waals surface area contributed by atoms with Gasteiger partial charge in [0, 0.05) is 64.5 Å². The number of amides is 1. The quantitative estimate of drug-likeness (QED) is 0.649. The molecule has 0 aromatic heterocycles. The van der Waals surface area contributed by atoms with Gasteiger partial charge in [-0.05, 0) is 17.7 Å². The molecule has 2 heterocycles. The van der Waals surface area contributed by atoms with Crippen molar-refractivity contribution in [3.05, 3.63) is 35.4 Å². The normalized spacial score (nSPS) is 19.6. The molecular weight excluding hydrogens is 392 g/mol. The van der Waals surface area contributed by atoms with Crippen LogP contribution in [0.3, 0.4) is 0 Å². The topological polar surface area (TPSA) is 73.4 Å². The molecular formula is C20H32N4O4S. The molecule has 2 aliphatic heterocycles. The largest absolute Gasteiger partial charge is 0.379 e. The summed E-state index contributed by atoms with van der Waals surface area (Å²) in [5.41, 5.74) is 1.77. The van der Waals surface area contributed by atoms with E-state index in [-0.39, 0.29) is 5.91 Å². The number of ether oxygens (including phenoxy) is 1. The Bertz CT molecular complexity index is 783. The number of piperazine rings is 1. The van der Waals surface area contributed by atoms with E-state index < -0.39 is 10.2 Å². The average molecular weight is 425 g/mol. The lowest BCUT2D eigenvalue weighted by atomic mass is 10.1. The fourth-order valence-corrected chi connectivity index (χ4v) is 5.44. The third kappa shape index (κ3) is 5.35. The van der Waals surface area contributed by atoms with E-state index in [1.165, 1.54) is 8.61 Å². The summed E-state index contributed by atoms with van der Waals surface area (Å²) in [5.74, 6) is -0.0336. The van der Waals surface area contributed by atoms with Crippen LogP contribution in [0, 0.1) is 0 Å². The van der Waals surface area contributed by atoms with Crippen molar-refractivity contribution in [3.8, 4) is 0 Å². The fourth-order valence-electron chi connectivity index (χ4n) is 3.84. The van der Waals surface area contributed by atoms with Crippen molar-refractivity contribution in [3.63, 3.8) is 0 Å². The molecule has 162 valence electrons. The van der Waals surface area contributed by atoms with Gasteiger partial charge in [0.2, 0.25) is 0 Å². The van der Waals surface area contributed by atoms with Crippen LogP contribution in [0.1, 0.15) is 29.8 Å². The van der Waals surface area contributed by atoms with Crippen LogP contribution < -0.4 is 0 Å². The Balaban J connectivity index is 1.60. The lowest BCUT2D eigenvalue weighted by Gasteiger charge is -2.36. The fraction of sp³-hybridized carbons (Fsp3) is 0.650. The van der Waals surface area contributed by atoms with Gasteiger partial charge in [0.25, 0.3) is 16.1 Å². The summed E-state index contributed by atoms with van der Waals surface area (Å²) in [6, 6.07) is 7.76. The Kier molecular flexibility index (Phi) is 7.64.